The third kappa shape index (κ3) is 6.08. The molecule has 0 saturated heterocycles. The summed E-state index contributed by atoms with van der Waals surface area (Å²) in [5.41, 5.74) is 2.80. The summed E-state index contributed by atoms with van der Waals surface area (Å²) in [4.78, 5) is 38.5. The lowest BCUT2D eigenvalue weighted by Crippen LogP contribution is -2.52. The predicted molar refractivity (Wildman–Crippen MR) is 129 cm³/mol. The highest BCUT2D eigenvalue weighted by molar-refractivity contribution is 5.95. The average Bonchev–Trinajstić information content (AvgIpc) is 3.32. The lowest BCUT2D eigenvalue weighted by molar-refractivity contribution is -0.123. The molecule has 9 heteroatoms. The van der Waals surface area contributed by atoms with Crippen molar-refractivity contribution in [2.45, 2.75) is 32.0 Å². The number of hydrogen-bond donors (Lipinski definition) is 2. The van der Waals surface area contributed by atoms with Crippen molar-refractivity contribution in [3.63, 3.8) is 0 Å². The van der Waals surface area contributed by atoms with Gasteiger partial charge in [-0.3, -0.25) is 9.59 Å². The number of carbonyl (C=O) groups excluding carboxylic acids is 3. The van der Waals surface area contributed by atoms with E-state index in [-0.39, 0.29) is 13.0 Å². The minimum atomic E-state index is -0.933. The second-order valence-corrected chi connectivity index (χ2v) is 8.01. The second kappa shape index (κ2) is 11.1. The Bertz CT molecular complexity index is 1310. The van der Waals surface area contributed by atoms with Crippen LogP contribution in [0.15, 0.2) is 84.9 Å². The van der Waals surface area contributed by atoms with Gasteiger partial charge in [-0.05, 0) is 30.2 Å². The molecular formula is C26H25N5O4. The molecule has 0 aliphatic carbocycles. The summed E-state index contributed by atoms with van der Waals surface area (Å²) in [6.45, 7) is 1.60. The van der Waals surface area contributed by atoms with Crippen molar-refractivity contribution < 1.29 is 19.1 Å². The van der Waals surface area contributed by atoms with E-state index in [1.165, 1.54) is 11.6 Å². The summed E-state index contributed by atoms with van der Waals surface area (Å²) < 4.78 is 6.37. The fraction of sp³-hybridized carbons (Fsp3) is 0.192. The van der Waals surface area contributed by atoms with Crippen LogP contribution in [0.1, 0.15) is 22.8 Å². The Labute approximate surface area is 202 Å². The van der Waals surface area contributed by atoms with Crippen LogP contribution in [0.25, 0.3) is 11.0 Å². The van der Waals surface area contributed by atoms with Crippen molar-refractivity contribution in [1.82, 2.24) is 25.6 Å². The van der Waals surface area contributed by atoms with E-state index < -0.39 is 30.0 Å². The Balaban J connectivity index is 1.44. The van der Waals surface area contributed by atoms with Crippen molar-refractivity contribution in [3.8, 4) is 0 Å². The molecule has 1 aromatic heterocycles. The first-order valence-electron chi connectivity index (χ1n) is 11.2. The van der Waals surface area contributed by atoms with Gasteiger partial charge < -0.3 is 15.4 Å². The van der Waals surface area contributed by atoms with Gasteiger partial charge in [0.2, 0.25) is 5.91 Å². The number of para-hydroxylation sites is 1. The number of benzene rings is 3. The van der Waals surface area contributed by atoms with Crippen LogP contribution in [0.4, 0.5) is 4.79 Å². The molecule has 4 rings (SSSR count). The normalized spacial score (nSPS) is 12.5. The first-order chi connectivity index (χ1) is 17.0. The van der Waals surface area contributed by atoms with Crippen molar-refractivity contribution in [1.29, 1.82) is 0 Å². The van der Waals surface area contributed by atoms with Crippen LogP contribution >= 0.6 is 0 Å². The van der Waals surface area contributed by atoms with Gasteiger partial charge in [-0.2, -0.15) is 4.68 Å². The number of ether oxygens (including phenoxy) is 1. The number of aromatic nitrogens is 3. The number of carbonyl (C=O) groups is 3. The van der Waals surface area contributed by atoms with E-state index in [1.54, 1.807) is 24.3 Å². The van der Waals surface area contributed by atoms with Crippen LogP contribution in [0, 0.1) is 0 Å². The summed E-state index contributed by atoms with van der Waals surface area (Å²) in [6, 6.07) is 23.8. The molecule has 4 aromatic rings. The van der Waals surface area contributed by atoms with E-state index >= 15 is 0 Å². The van der Waals surface area contributed by atoms with E-state index in [1.807, 2.05) is 60.7 Å². The van der Waals surface area contributed by atoms with Crippen molar-refractivity contribution >= 4 is 28.9 Å². The topological polar surface area (TPSA) is 115 Å². The van der Waals surface area contributed by atoms with Crippen LogP contribution in [-0.4, -0.2) is 45.0 Å². The van der Waals surface area contributed by atoms with E-state index in [0.29, 0.717) is 11.0 Å². The lowest BCUT2D eigenvalue weighted by Gasteiger charge is -2.21. The Kier molecular flexibility index (Phi) is 7.47. The smallest absolute Gasteiger partial charge is 0.408 e. The highest BCUT2D eigenvalue weighted by Crippen LogP contribution is 2.12. The van der Waals surface area contributed by atoms with E-state index in [2.05, 4.69) is 20.9 Å². The zero-order chi connectivity index (χ0) is 24.6. The predicted octanol–water partition coefficient (Wildman–Crippen LogP) is 3.11. The fourth-order valence-corrected chi connectivity index (χ4v) is 3.53. The second-order valence-electron chi connectivity index (χ2n) is 8.01. The molecule has 0 radical (unpaired) electrons. The van der Waals surface area contributed by atoms with E-state index in [0.717, 1.165) is 11.1 Å². The van der Waals surface area contributed by atoms with Gasteiger partial charge in [0.1, 0.15) is 24.2 Å². The number of fused-ring (bicyclic) bond motifs is 1. The van der Waals surface area contributed by atoms with Gasteiger partial charge in [0.25, 0.3) is 5.91 Å². The third-order valence-electron chi connectivity index (χ3n) is 5.40. The molecular weight excluding hydrogens is 446 g/mol. The Morgan fingerprint density at radius 1 is 0.857 bits per heavy atom. The molecule has 0 aliphatic heterocycles. The molecule has 0 spiro atoms. The van der Waals surface area contributed by atoms with Gasteiger partial charge in [-0.25, -0.2) is 4.79 Å². The lowest BCUT2D eigenvalue weighted by atomic mass is 10.0. The van der Waals surface area contributed by atoms with Gasteiger partial charge in [-0.15, -0.1) is 5.10 Å². The standard InChI is InChI=1S/C26H25N5O4/c1-18(27-26(34)35-17-20-12-6-3-7-13-20)24(32)28-22(16-19-10-4-2-5-11-19)25(33)31-23-15-9-8-14-21(23)29-30-31/h2-15,18,22H,16-17H2,1H3,(H,27,34)(H,28,32)/t18-,22-/m0/s1. The molecule has 0 bridgehead atoms. The van der Waals surface area contributed by atoms with Crippen molar-refractivity contribution in [3.05, 3.63) is 96.1 Å². The van der Waals surface area contributed by atoms with Crippen molar-refractivity contribution in [2.24, 2.45) is 0 Å². The van der Waals surface area contributed by atoms with Crippen molar-refractivity contribution in [2.75, 3.05) is 0 Å². The molecule has 35 heavy (non-hydrogen) atoms. The summed E-state index contributed by atoms with van der Waals surface area (Å²) in [5, 5.41) is 13.3. The molecule has 178 valence electrons. The number of alkyl carbamates (subject to hydrolysis) is 1. The number of amides is 2. The van der Waals surface area contributed by atoms with Crippen LogP contribution < -0.4 is 10.6 Å². The molecule has 2 amide bonds. The van der Waals surface area contributed by atoms with Gasteiger partial charge in [-0.1, -0.05) is 78.0 Å². The number of nitrogens with zero attached hydrogens (tertiary/aromatic N) is 3. The molecule has 0 aliphatic rings. The van der Waals surface area contributed by atoms with E-state index in [9.17, 15) is 14.4 Å². The number of hydrogen-bond acceptors (Lipinski definition) is 6. The Hall–Kier alpha value is -4.53. The molecule has 9 nitrogen and oxygen atoms in total. The number of nitrogens with one attached hydrogen (secondary N) is 2. The average molecular weight is 472 g/mol. The molecule has 2 atom stereocenters. The van der Waals surface area contributed by atoms with E-state index in [4.69, 9.17) is 4.74 Å². The maximum atomic E-state index is 13.4. The van der Waals surface area contributed by atoms with Crippen LogP contribution in [0.5, 0.6) is 0 Å². The summed E-state index contributed by atoms with van der Waals surface area (Å²) in [7, 11) is 0. The zero-order valence-electron chi connectivity index (χ0n) is 19.1. The SMILES string of the molecule is C[C@H](NC(=O)OCc1ccccc1)C(=O)N[C@@H](Cc1ccccc1)C(=O)n1nnc2ccccc21. The first-order valence-corrected chi connectivity index (χ1v) is 11.2. The fourth-order valence-electron chi connectivity index (χ4n) is 3.53. The Morgan fingerprint density at radius 3 is 2.20 bits per heavy atom. The van der Waals surface area contributed by atoms with Crippen LogP contribution in [0.2, 0.25) is 0 Å². The summed E-state index contributed by atoms with van der Waals surface area (Å²) in [5.74, 6) is -0.963. The highest BCUT2D eigenvalue weighted by atomic mass is 16.5. The minimum Gasteiger partial charge on any atom is -0.445 e. The quantitative estimate of drug-likeness (QED) is 0.408. The molecule has 0 unspecified atom stereocenters. The van der Waals surface area contributed by atoms with Crippen LogP contribution in [-0.2, 0) is 22.6 Å². The third-order valence-corrected chi connectivity index (χ3v) is 5.40. The van der Waals surface area contributed by atoms with Gasteiger partial charge in [0.05, 0.1) is 5.52 Å². The van der Waals surface area contributed by atoms with Crippen LogP contribution in [0.3, 0.4) is 0 Å². The zero-order valence-corrected chi connectivity index (χ0v) is 19.1. The molecule has 0 saturated carbocycles. The van der Waals surface area contributed by atoms with Gasteiger partial charge in [0, 0.05) is 6.42 Å². The first kappa shape index (κ1) is 23.6. The number of rotatable bonds is 8. The summed E-state index contributed by atoms with van der Waals surface area (Å²) in [6.07, 6.45) is -0.491. The maximum Gasteiger partial charge on any atom is 0.408 e. The van der Waals surface area contributed by atoms with Gasteiger partial charge >= 0.3 is 6.09 Å². The monoisotopic (exact) mass is 471 g/mol. The minimum absolute atomic E-state index is 0.0789. The molecule has 1 heterocycles. The van der Waals surface area contributed by atoms with Gasteiger partial charge in [0.15, 0.2) is 0 Å². The summed E-state index contributed by atoms with van der Waals surface area (Å²) >= 11 is 0. The Morgan fingerprint density at radius 2 is 1.49 bits per heavy atom. The molecule has 2 N–H and O–H groups in total. The molecule has 3 aromatic carbocycles. The maximum absolute atomic E-state index is 13.4. The molecule has 0 fully saturated rings. The highest BCUT2D eigenvalue weighted by Gasteiger charge is 2.27. The largest absolute Gasteiger partial charge is 0.445 e.